The van der Waals surface area contributed by atoms with E-state index in [2.05, 4.69) is 0 Å². The summed E-state index contributed by atoms with van der Waals surface area (Å²) >= 11 is 6.26. The Balaban J connectivity index is 2.05. The molecule has 3 nitrogen and oxygen atoms in total. The highest BCUT2D eigenvalue weighted by atomic mass is 35.5. The summed E-state index contributed by atoms with van der Waals surface area (Å²) < 4.78 is 11.2. The fraction of sp³-hybridized carbons (Fsp3) is 0.900. The number of fused-ring (bicyclic) bond motifs is 2. The van der Waals surface area contributed by atoms with E-state index in [4.69, 9.17) is 21.1 Å². The van der Waals surface area contributed by atoms with Crippen molar-refractivity contribution in [1.82, 2.24) is 0 Å². The highest BCUT2D eigenvalue weighted by Gasteiger charge is 2.63. The van der Waals surface area contributed by atoms with Crippen LogP contribution >= 0.6 is 11.6 Å². The normalized spacial score (nSPS) is 55.4. The van der Waals surface area contributed by atoms with E-state index in [1.807, 2.05) is 0 Å². The van der Waals surface area contributed by atoms with Gasteiger partial charge in [-0.25, -0.2) is 0 Å². The monoisotopic (exact) mass is 216 g/mol. The zero-order chi connectivity index (χ0) is 9.92. The largest absolute Gasteiger partial charge is 0.351 e. The zero-order valence-corrected chi connectivity index (χ0v) is 8.79. The average Bonchev–Trinajstić information content (AvgIpc) is 2.48. The standard InChI is InChI=1S/C10H13ClO3/c1-13-10-6-2-5(3-8(10)11)9(12)7(4-6)14-10/h5-8H,2-4H2,1H3. The number of hydrogen-bond donors (Lipinski definition) is 0. The molecule has 2 saturated carbocycles. The summed E-state index contributed by atoms with van der Waals surface area (Å²) in [6.07, 6.45) is 2.16. The predicted octanol–water partition coefficient (Wildman–Crippen LogP) is 1.33. The number of ketones is 1. The molecule has 0 amide bonds. The van der Waals surface area contributed by atoms with Crippen molar-refractivity contribution in [2.75, 3.05) is 7.11 Å². The molecule has 3 fully saturated rings. The molecule has 0 N–H and O–H groups in total. The molecule has 5 atom stereocenters. The van der Waals surface area contributed by atoms with Gasteiger partial charge in [-0.1, -0.05) is 0 Å². The van der Waals surface area contributed by atoms with Crippen molar-refractivity contribution in [2.24, 2.45) is 11.8 Å². The van der Waals surface area contributed by atoms with Gasteiger partial charge in [0.25, 0.3) is 0 Å². The van der Waals surface area contributed by atoms with Gasteiger partial charge in [0, 0.05) is 18.9 Å². The van der Waals surface area contributed by atoms with Gasteiger partial charge in [0.2, 0.25) is 0 Å². The third kappa shape index (κ3) is 0.884. The average molecular weight is 217 g/mol. The van der Waals surface area contributed by atoms with Crippen LogP contribution in [0.2, 0.25) is 0 Å². The van der Waals surface area contributed by atoms with Crippen molar-refractivity contribution in [3.63, 3.8) is 0 Å². The highest BCUT2D eigenvalue weighted by molar-refractivity contribution is 6.21. The molecule has 3 bridgehead atoms. The Morgan fingerprint density at radius 2 is 2.29 bits per heavy atom. The second kappa shape index (κ2) is 2.71. The van der Waals surface area contributed by atoms with Crippen LogP contribution in [0.4, 0.5) is 0 Å². The maximum Gasteiger partial charge on any atom is 0.188 e. The molecule has 0 aromatic rings. The lowest BCUT2D eigenvalue weighted by atomic mass is 9.70. The third-order valence-corrected chi connectivity index (χ3v) is 4.41. The van der Waals surface area contributed by atoms with Gasteiger partial charge in [-0.2, -0.15) is 0 Å². The minimum atomic E-state index is -0.672. The topological polar surface area (TPSA) is 35.5 Å². The van der Waals surface area contributed by atoms with Crippen LogP contribution in [0.3, 0.4) is 0 Å². The molecule has 0 radical (unpaired) electrons. The van der Waals surface area contributed by atoms with E-state index in [1.165, 1.54) is 0 Å². The maximum absolute atomic E-state index is 11.8. The zero-order valence-electron chi connectivity index (χ0n) is 8.03. The summed E-state index contributed by atoms with van der Waals surface area (Å²) in [5.74, 6) is 0.00122. The molecule has 2 aliphatic carbocycles. The SMILES string of the molecule is COC12OC3CC1CC(CC2Cl)C3=O. The van der Waals surface area contributed by atoms with E-state index in [9.17, 15) is 4.79 Å². The molecule has 3 aliphatic rings. The van der Waals surface area contributed by atoms with Crippen LogP contribution in [0.15, 0.2) is 0 Å². The van der Waals surface area contributed by atoms with Gasteiger partial charge in [-0.05, 0) is 19.3 Å². The van der Waals surface area contributed by atoms with Crippen LogP contribution in [0, 0.1) is 11.8 Å². The smallest absolute Gasteiger partial charge is 0.188 e. The van der Waals surface area contributed by atoms with Crippen LogP contribution in [-0.4, -0.2) is 30.2 Å². The first-order valence-corrected chi connectivity index (χ1v) is 5.52. The maximum atomic E-state index is 11.8. The first-order chi connectivity index (χ1) is 6.67. The van der Waals surface area contributed by atoms with Crippen LogP contribution in [0.1, 0.15) is 19.3 Å². The number of carbonyl (C=O) groups excluding carboxylic acids is 1. The van der Waals surface area contributed by atoms with Crippen molar-refractivity contribution >= 4 is 17.4 Å². The molecule has 0 spiro atoms. The Bertz CT molecular complexity index is 291. The first-order valence-electron chi connectivity index (χ1n) is 5.08. The van der Waals surface area contributed by atoms with E-state index in [0.29, 0.717) is 12.3 Å². The molecular formula is C10H13ClO3. The predicted molar refractivity (Wildman–Crippen MR) is 50.1 cm³/mol. The lowest BCUT2D eigenvalue weighted by Crippen LogP contribution is -2.50. The van der Waals surface area contributed by atoms with Crippen molar-refractivity contribution in [2.45, 2.75) is 36.5 Å². The molecule has 4 heteroatoms. The van der Waals surface area contributed by atoms with Gasteiger partial charge in [-0.15, -0.1) is 11.6 Å². The quantitative estimate of drug-likeness (QED) is 0.621. The Hall–Kier alpha value is -0.120. The Morgan fingerprint density at radius 1 is 1.50 bits per heavy atom. The molecule has 1 saturated heterocycles. The van der Waals surface area contributed by atoms with Crippen molar-refractivity contribution in [1.29, 1.82) is 0 Å². The lowest BCUT2D eigenvalue weighted by molar-refractivity contribution is -0.229. The lowest BCUT2D eigenvalue weighted by Gasteiger charge is -2.41. The first kappa shape index (κ1) is 9.13. The van der Waals surface area contributed by atoms with Gasteiger partial charge in [0.05, 0.1) is 5.38 Å². The number of ether oxygens (including phenoxy) is 2. The summed E-state index contributed by atoms with van der Waals surface area (Å²) in [5, 5.41) is -0.173. The van der Waals surface area contributed by atoms with Crippen molar-refractivity contribution in [3.8, 4) is 0 Å². The summed E-state index contributed by atoms with van der Waals surface area (Å²) in [7, 11) is 1.63. The minimum Gasteiger partial charge on any atom is -0.351 e. The number of alkyl halides is 1. The van der Waals surface area contributed by atoms with E-state index in [0.717, 1.165) is 12.8 Å². The Morgan fingerprint density at radius 3 is 3.00 bits per heavy atom. The fourth-order valence-electron chi connectivity index (χ4n) is 3.25. The second-order valence-corrected chi connectivity index (χ2v) is 5.03. The van der Waals surface area contributed by atoms with E-state index >= 15 is 0 Å². The summed E-state index contributed by atoms with van der Waals surface area (Å²) in [6, 6.07) is 0. The number of hydrogen-bond acceptors (Lipinski definition) is 3. The highest BCUT2D eigenvalue weighted by Crippen LogP contribution is 2.55. The fourth-order valence-corrected chi connectivity index (χ4v) is 3.78. The van der Waals surface area contributed by atoms with Gasteiger partial charge in [-0.3, -0.25) is 4.79 Å². The molecule has 1 heterocycles. The summed E-state index contributed by atoms with van der Waals surface area (Å²) in [6.45, 7) is 0. The van der Waals surface area contributed by atoms with E-state index in [-0.39, 0.29) is 23.2 Å². The second-order valence-electron chi connectivity index (χ2n) is 4.50. The summed E-state index contributed by atoms with van der Waals surface area (Å²) in [4.78, 5) is 11.8. The van der Waals surface area contributed by atoms with E-state index < -0.39 is 5.79 Å². The van der Waals surface area contributed by atoms with Crippen LogP contribution < -0.4 is 0 Å². The third-order valence-electron chi connectivity index (χ3n) is 3.93. The van der Waals surface area contributed by atoms with Crippen molar-refractivity contribution < 1.29 is 14.3 Å². The molecule has 78 valence electrons. The number of methoxy groups -OCH3 is 1. The minimum absolute atomic E-state index is 0.118. The number of rotatable bonds is 1. The molecular weight excluding hydrogens is 204 g/mol. The van der Waals surface area contributed by atoms with E-state index in [1.54, 1.807) is 7.11 Å². The molecule has 1 aliphatic heterocycles. The molecule has 0 aromatic heterocycles. The van der Waals surface area contributed by atoms with Gasteiger partial charge >= 0.3 is 0 Å². The van der Waals surface area contributed by atoms with Crippen LogP contribution in [-0.2, 0) is 14.3 Å². The van der Waals surface area contributed by atoms with Crippen LogP contribution in [0.5, 0.6) is 0 Å². The molecule has 3 rings (SSSR count). The number of carbonyl (C=O) groups is 1. The van der Waals surface area contributed by atoms with Crippen LogP contribution in [0.25, 0.3) is 0 Å². The molecule has 14 heavy (non-hydrogen) atoms. The van der Waals surface area contributed by atoms with Gasteiger partial charge < -0.3 is 9.47 Å². The van der Waals surface area contributed by atoms with Gasteiger partial charge in [0.1, 0.15) is 6.10 Å². The Kier molecular flexibility index (Phi) is 1.77. The van der Waals surface area contributed by atoms with Gasteiger partial charge in [0.15, 0.2) is 11.6 Å². The number of halogens is 1. The van der Waals surface area contributed by atoms with Crippen molar-refractivity contribution in [3.05, 3.63) is 0 Å². The number of Topliss-reactive ketones (excluding diaryl/α,β-unsaturated/α-hetero) is 1. The summed E-state index contributed by atoms with van der Waals surface area (Å²) in [5.41, 5.74) is 0. The molecule has 5 unspecified atom stereocenters. The Labute approximate surface area is 87.7 Å². The molecule has 0 aromatic carbocycles.